The molecule has 2 heterocycles. The molecule has 0 bridgehead atoms. The molecule has 0 aromatic heterocycles. The lowest BCUT2D eigenvalue weighted by Gasteiger charge is -2.39. The van der Waals surface area contributed by atoms with Crippen molar-refractivity contribution in [2.75, 3.05) is 0 Å². The van der Waals surface area contributed by atoms with Gasteiger partial charge in [-0.2, -0.15) is 0 Å². The van der Waals surface area contributed by atoms with E-state index in [2.05, 4.69) is 21.2 Å². The molecule has 0 radical (unpaired) electrons. The summed E-state index contributed by atoms with van der Waals surface area (Å²) in [6, 6.07) is 13.5. The number of fused-ring (bicyclic) bond motifs is 1. The fourth-order valence-electron chi connectivity index (χ4n) is 3.78. The Hall–Kier alpha value is -2.67. The van der Waals surface area contributed by atoms with E-state index in [9.17, 15) is 14.4 Å². The first-order valence-electron chi connectivity index (χ1n) is 9.47. The number of rotatable bonds is 5. The second-order valence-corrected chi connectivity index (χ2v) is 8.12. The van der Waals surface area contributed by atoms with Gasteiger partial charge in [-0.1, -0.05) is 46.3 Å². The number of carbonyl (C=O) groups is 3. The molecule has 6 nitrogen and oxygen atoms in total. The zero-order valence-corrected chi connectivity index (χ0v) is 17.6. The second-order valence-electron chi connectivity index (χ2n) is 7.56. The summed E-state index contributed by atoms with van der Waals surface area (Å²) in [7, 11) is 0. The summed E-state index contributed by atoms with van der Waals surface area (Å²) < 4.78 is 6.02. The van der Waals surface area contributed by atoms with Crippen LogP contribution in [0.15, 0.2) is 42.5 Å². The largest absolute Gasteiger partial charge is 0.489 e. The van der Waals surface area contributed by atoms with Gasteiger partial charge in [0.25, 0.3) is 11.8 Å². The lowest BCUT2D eigenvalue weighted by atomic mass is 9.89. The van der Waals surface area contributed by atoms with Gasteiger partial charge in [0.1, 0.15) is 17.9 Å². The van der Waals surface area contributed by atoms with Crippen LogP contribution in [0.5, 0.6) is 5.75 Å². The van der Waals surface area contributed by atoms with E-state index in [0.29, 0.717) is 24.3 Å². The van der Waals surface area contributed by atoms with Crippen LogP contribution in [0, 0.1) is 0 Å². The highest BCUT2D eigenvalue weighted by Gasteiger charge is 2.48. The molecule has 7 heteroatoms. The van der Waals surface area contributed by atoms with Gasteiger partial charge < -0.3 is 9.64 Å². The Balaban J connectivity index is 1.54. The highest BCUT2D eigenvalue weighted by atomic mass is 79.9. The molecule has 29 heavy (non-hydrogen) atoms. The molecule has 0 unspecified atom stereocenters. The Morgan fingerprint density at radius 1 is 1.10 bits per heavy atom. The minimum Gasteiger partial charge on any atom is -0.489 e. The van der Waals surface area contributed by atoms with Crippen LogP contribution in [0.1, 0.15) is 46.8 Å². The highest BCUT2D eigenvalue weighted by Crippen LogP contribution is 2.38. The van der Waals surface area contributed by atoms with E-state index in [1.165, 1.54) is 5.56 Å². The summed E-state index contributed by atoms with van der Waals surface area (Å²) in [5.74, 6) is -0.297. The third-order valence-corrected chi connectivity index (χ3v) is 6.32. The van der Waals surface area contributed by atoms with E-state index < -0.39 is 11.4 Å². The molecule has 0 spiro atoms. The fourth-order valence-corrected chi connectivity index (χ4v) is 4.15. The van der Waals surface area contributed by atoms with Crippen molar-refractivity contribution in [3.63, 3.8) is 0 Å². The van der Waals surface area contributed by atoms with Gasteiger partial charge in [0, 0.05) is 22.9 Å². The monoisotopic (exact) mass is 456 g/mol. The van der Waals surface area contributed by atoms with Crippen molar-refractivity contribution in [2.45, 2.75) is 43.8 Å². The first kappa shape index (κ1) is 19.6. The van der Waals surface area contributed by atoms with E-state index in [1.54, 1.807) is 24.0 Å². The van der Waals surface area contributed by atoms with Gasteiger partial charge in [0.15, 0.2) is 0 Å². The van der Waals surface area contributed by atoms with E-state index in [0.717, 1.165) is 16.5 Å². The number of hydrogen-bond donors (Lipinski definition) is 1. The molecule has 1 atom stereocenters. The zero-order valence-electron chi connectivity index (χ0n) is 16.0. The first-order chi connectivity index (χ1) is 13.9. The predicted octanol–water partition coefficient (Wildman–Crippen LogP) is 3.31. The van der Waals surface area contributed by atoms with Crippen LogP contribution in [0.25, 0.3) is 0 Å². The van der Waals surface area contributed by atoms with Crippen molar-refractivity contribution < 1.29 is 19.1 Å². The summed E-state index contributed by atoms with van der Waals surface area (Å²) in [5.41, 5.74) is 2.49. The number of piperidine rings is 1. The maximum atomic E-state index is 13.0. The molecule has 0 aliphatic carbocycles. The molecule has 3 amide bonds. The van der Waals surface area contributed by atoms with E-state index >= 15 is 0 Å². The van der Waals surface area contributed by atoms with Gasteiger partial charge in [0.2, 0.25) is 5.91 Å². The number of imide groups is 1. The number of benzene rings is 2. The second kappa shape index (κ2) is 7.63. The number of nitrogens with one attached hydrogen (secondary N) is 1. The van der Waals surface area contributed by atoms with Gasteiger partial charge in [-0.05, 0) is 36.6 Å². The summed E-state index contributed by atoms with van der Waals surface area (Å²) in [6.45, 7) is 2.38. The smallest absolute Gasteiger partial charge is 0.255 e. The van der Waals surface area contributed by atoms with E-state index in [1.807, 2.05) is 30.3 Å². The Kier molecular flexibility index (Phi) is 5.17. The van der Waals surface area contributed by atoms with Crippen LogP contribution < -0.4 is 10.1 Å². The lowest BCUT2D eigenvalue weighted by Crippen LogP contribution is -2.61. The summed E-state index contributed by atoms with van der Waals surface area (Å²) >= 11 is 3.43. The third-order valence-electron chi connectivity index (χ3n) is 5.67. The minimum absolute atomic E-state index is 0.209. The van der Waals surface area contributed by atoms with Gasteiger partial charge in [-0.25, -0.2) is 0 Å². The molecule has 1 fully saturated rings. The standard InChI is InChI=1S/C22H21BrN2O4/c1-22(10-9-19(26)24-21(22)28)25-12-17-16(20(25)27)3-2-4-18(17)29-13-15-7-5-14(11-23)6-8-15/h2-8H,9-13H2,1H3,(H,24,26,28)/t22-/m0/s1. The third kappa shape index (κ3) is 3.55. The molecule has 4 rings (SSSR count). The molecule has 2 aromatic rings. The number of ether oxygens (including phenoxy) is 1. The molecule has 1 N–H and O–H groups in total. The average Bonchev–Trinajstić information content (AvgIpc) is 3.08. The summed E-state index contributed by atoms with van der Waals surface area (Å²) in [6.07, 6.45) is 0.531. The SMILES string of the molecule is C[C@]1(N2Cc3c(OCc4ccc(CBr)cc4)cccc3C2=O)CCC(=O)NC1=O. The van der Waals surface area contributed by atoms with Gasteiger partial charge >= 0.3 is 0 Å². The van der Waals surface area contributed by atoms with Crippen molar-refractivity contribution in [2.24, 2.45) is 0 Å². The van der Waals surface area contributed by atoms with Crippen LogP contribution in [-0.2, 0) is 28.1 Å². The number of amides is 3. The maximum absolute atomic E-state index is 13.0. The van der Waals surface area contributed by atoms with E-state index in [-0.39, 0.29) is 24.8 Å². The quantitative estimate of drug-likeness (QED) is 0.552. The Morgan fingerprint density at radius 2 is 1.83 bits per heavy atom. The number of nitrogens with zero attached hydrogens (tertiary/aromatic N) is 1. The van der Waals surface area contributed by atoms with Crippen molar-refractivity contribution in [3.8, 4) is 5.75 Å². The summed E-state index contributed by atoms with van der Waals surface area (Å²) in [4.78, 5) is 38.6. The Bertz CT molecular complexity index is 989. The Labute approximate surface area is 177 Å². The van der Waals surface area contributed by atoms with Crippen molar-refractivity contribution in [1.29, 1.82) is 0 Å². The molecule has 150 valence electrons. The van der Waals surface area contributed by atoms with Crippen molar-refractivity contribution in [3.05, 3.63) is 64.7 Å². The van der Waals surface area contributed by atoms with Crippen LogP contribution in [-0.4, -0.2) is 28.2 Å². The molecule has 1 saturated heterocycles. The van der Waals surface area contributed by atoms with Gasteiger partial charge in [-0.15, -0.1) is 0 Å². The molecule has 2 aliphatic heterocycles. The number of halogens is 1. The zero-order chi connectivity index (χ0) is 20.6. The maximum Gasteiger partial charge on any atom is 0.255 e. The van der Waals surface area contributed by atoms with Gasteiger partial charge in [0.05, 0.1) is 6.54 Å². The van der Waals surface area contributed by atoms with Crippen LogP contribution in [0.4, 0.5) is 0 Å². The molecule has 2 aliphatic rings. The van der Waals surface area contributed by atoms with Crippen LogP contribution >= 0.6 is 15.9 Å². The molecular formula is C22H21BrN2O4. The molecule has 0 saturated carbocycles. The van der Waals surface area contributed by atoms with Crippen LogP contribution in [0.3, 0.4) is 0 Å². The van der Waals surface area contributed by atoms with Crippen LogP contribution in [0.2, 0.25) is 0 Å². The normalized spacial score (nSPS) is 21.2. The first-order valence-corrected chi connectivity index (χ1v) is 10.6. The number of alkyl halides is 1. The summed E-state index contributed by atoms with van der Waals surface area (Å²) in [5, 5.41) is 3.16. The average molecular weight is 457 g/mol. The van der Waals surface area contributed by atoms with E-state index in [4.69, 9.17) is 4.74 Å². The molecular weight excluding hydrogens is 436 g/mol. The van der Waals surface area contributed by atoms with Crippen molar-refractivity contribution >= 4 is 33.7 Å². The highest BCUT2D eigenvalue weighted by molar-refractivity contribution is 9.08. The predicted molar refractivity (Wildman–Crippen MR) is 111 cm³/mol. The lowest BCUT2D eigenvalue weighted by molar-refractivity contribution is -0.142. The molecule has 2 aromatic carbocycles. The minimum atomic E-state index is -1.05. The van der Waals surface area contributed by atoms with Gasteiger partial charge in [-0.3, -0.25) is 19.7 Å². The number of carbonyl (C=O) groups excluding carboxylic acids is 3. The fraction of sp³-hybridized carbons (Fsp3) is 0.318. The number of hydrogen-bond acceptors (Lipinski definition) is 4. The van der Waals surface area contributed by atoms with Crippen molar-refractivity contribution in [1.82, 2.24) is 10.2 Å². The Morgan fingerprint density at radius 3 is 2.52 bits per heavy atom. The topological polar surface area (TPSA) is 75.7 Å².